The molecule has 0 saturated heterocycles. The minimum absolute atomic E-state index is 0.103. The molecule has 18 heavy (non-hydrogen) atoms. The number of methoxy groups -OCH3 is 1. The number of anilines is 1. The molecule has 1 amide bonds. The monoisotopic (exact) mass is 247 g/mol. The van der Waals surface area contributed by atoms with Crippen molar-refractivity contribution in [2.45, 2.75) is 38.5 Å². The zero-order valence-corrected chi connectivity index (χ0v) is 10.9. The summed E-state index contributed by atoms with van der Waals surface area (Å²) < 4.78 is 5.22. The Morgan fingerprint density at radius 1 is 1.28 bits per heavy atom. The number of rotatable bonds is 4. The molecule has 1 aliphatic rings. The van der Waals surface area contributed by atoms with E-state index in [0.717, 1.165) is 11.4 Å². The molecule has 1 aliphatic carbocycles. The highest BCUT2D eigenvalue weighted by atomic mass is 16.5. The molecule has 0 unspecified atom stereocenters. The molecule has 0 bridgehead atoms. The summed E-state index contributed by atoms with van der Waals surface area (Å²) in [6.45, 7) is 0. The highest BCUT2D eigenvalue weighted by Gasteiger charge is 2.17. The van der Waals surface area contributed by atoms with Crippen LogP contribution in [0.5, 0.6) is 5.75 Å². The van der Waals surface area contributed by atoms with Crippen molar-refractivity contribution in [1.29, 1.82) is 0 Å². The Bertz CT molecular complexity index is 397. The highest BCUT2D eigenvalue weighted by Crippen LogP contribution is 2.28. The summed E-state index contributed by atoms with van der Waals surface area (Å²) in [5.74, 6) is 1.38. The van der Waals surface area contributed by atoms with Gasteiger partial charge in [0.2, 0.25) is 5.91 Å². The molecule has 0 atom stereocenters. The molecular formula is C15H21NO2. The Kier molecular flexibility index (Phi) is 4.62. The van der Waals surface area contributed by atoms with Gasteiger partial charge < -0.3 is 10.1 Å². The van der Waals surface area contributed by atoms with Gasteiger partial charge in [-0.3, -0.25) is 4.79 Å². The number of hydrogen-bond acceptors (Lipinski definition) is 2. The second-order valence-electron chi connectivity index (χ2n) is 4.96. The second kappa shape index (κ2) is 6.43. The van der Waals surface area contributed by atoms with E-state index in [1.54, 1.807) is 7.11 Å². The average Bonchev–Trinajstić information content (AvgIpc) is 2.40. The summed E-state index contributed by atoms with van der Waals surface area (Å²) >= 11 is 0. The SMILES string of the molecule is COc1ccccc1NC(=O)CC1CCCCC1. The van der Waals surface area contributed by atoms with E-state index in [2.05, 4.69) is 5.32 Å². The molecule has 1 fully saturated rings. The molecule has 1 aromatic carbocycles. The fourth-order valence-corrected chi connectivity index (χ4v) is 2.60. The molecule has 0 aromatic heterocycles. The number of ether oxygens (including phenoxy) is 1. The lowest BCUT2D eigenvalue weighted by Crippen LogP contribution is -2.18. The van der Waals surface area contributed by atoms with E-state index in [0.29, 0.717) is 12.3 Å². The van der Waals surface area contributed by atoms with Crippen molar-refractivity contribution >= 4 is 11.6 Å². The van der Waals surface area contributed by atoms with Crippen LogP contribution < -0.4 is 10.1 Å². The molecule has 3 heteroatoms. The first kappa shape index (κ1) is 12.9. The molecule has 1 N–H and O–H groups in total. The lowest BCUT2D eigenvalue weighted by molar-refractivity contribution is -0.117. The topological polar surface area (TPSA) is 38.3 Å². The number of benzene rings is 1. The van der Waals surface area contributed by atoms with Gasteiger partial charge in [-0.2, -0.15) is 0 Å². The van der Waals surface area contributed by atoms with Crippen LogP contribution in [0.2, 0.25) is 0 Å². The Morgan fingerprint density at radius 3 is 2.72 bits per heavy atom. The highest BCUT2D eigenvalue weighted by molar-refractivity contribution is 5.92. The van der Waals surface area contributed by atoms with Crippen molar-refractivity contribution in [1.82, 2.24) is 0 Å². The van der Waals surface area contributed by atoms with E-state index in [1.165, 1.54) is 32.1 Å². The van der Waals surface area contributed by atoms with Gasteiger partial charge in [0.15, 0.2) is 0 Å². The molecule has 0 spiro atoms. The quantitative estimate of drug-likeness (QED) is 0.882. The maximum absolute atomic E-state index is 12.0. The van der Waals surface area contributed by atoms with E-state index in [-0.39, 0.29) is 5.91 Å². The van der Waals surface area contributed by atoms with Crippen LogP contribution in [0.4, 0.5) is 5.69 Å². The number of carbonyl (C=O) groups is 1. The van der Waals surface area contributed by atoms with Crippen molar-refractivity contribution < 1.29 is 9.53 Å². The predicted octanol–water partition coefficient (Wildman–Crippen LogP) is 3.60. The van der Waals surface area contributed by atoms with Gasteiger partial charge in [-0.25, -0.2) is 0 Å². The van der Waals surface area contributed by atoms with Crippen LogP contribution in [-0.2, 0) is 4.79 Å². The van der Waals surface area contributed by atoms with Crippen LogP contribution in [0, 0.1) is 5.92 Å². The summed E-state index contributed by atoms with van der Waals surface area (Å²) in [6, 6.07) is 7.53. The number of nitrogens with one attached hydrogen (secondary N) is 1. The van der Waals surface area contributed by atoms with Crippen LogP contribution in [-0.4, -0.2) is 13.0 Å². The molecule has 2 rings (SSSR count). The maximum atomic E-state index is 12.0. The van der Waals surface area contributed by atoms with Crippen LogP contribution in [0.15, 0.2) is 24.3 Å². The van der Waals surface area contributed by atoms with Gasteiger partial charge in [0.1, 0.15) is 5.75 Å². The molecule has 0 aliphatic heterocycles. The van der Waals surface area contributed by atoms with Gasteiger partial charge >= 0.3 is 0 Å². The molecule has 1 aromatic rings. The number of amides is 1. The van der Waals surface area contributed by atoms with Gasteiger partial charge in [0, 0.05) is 6.42 Å². The third-order valence-electron chi connectivity index (χ3n) is 3.58. The standard InChI is InChI=1S/C15H21NO2/c1-18-14-10-6-5-9-13(14)16-15(17)11-12-7-3-2-4-8-12/h5-6,9-10,12H,2-4,7-8,11H2,1H3,(H,16,17). The van der Waals surface area contributed by atoms with Crippen molar-refractivity contribution in [3.05, 3.63) is 24.3 Å². The van der Waals surface area contributed by atoms with Crippen molar-refractivity contribution in [2.75, 3.05) is 12.4 Å². The third-order valence-corrected chi connectivity index (χ3v) is 3.58. The molecule has 0 radical (unpaired) electrons. The molecule has 1 saturated carbocycles. The normalized spacial score (nSPS) is 16.3. The zero-order valence-electron chi connectivity index (χ0n) is 10.9. The Balaban J connectivity index is 1.90. The van der Waals surface area contributed by atoms with Crippen molar-refractivity contribution in [2.24, 2.45) is 5.92 Å². The average molecular weight is 247 g/mol. The molecule has 0 heterocycles. The van der Waals surface area contributed by atoms with Crippen molar-refractivity contribution in [3.63, 3.8) is 0 Å². The summed E-state index contributed by atoms with van der Waals surface area (Å²) in [4.78, 5) is 12.0. The first-order valence-corrected chi connectivity index (χ1v) is 6.72. The Labute approximate surface area is 109 Å². The van der Waals surface area contributed by atoms with E-state index >= 15 is 0 Å². The molecule has 98 valence electrons. The maximum Gasteiger partial charge on any atom is 0.224 e. The summed E-state index contributed by atoms with van der Waals surface area (Å²) in [5.41, 5.74) is 0.765. The third kappa shape index (κ3) is 3.49. The fourth-order valence-electron chi connectivity index (χ4n) is 2.60. The summed E-state index contributed by atoms with van der Waals surface area (Å²) in [5, 5.41) is 2.94. The second-order valence-corrected chi connectivity index (χ2v) is 4.96. The van der Waals surface area contributed by atoms with Gasteiger partial charge in [0.05, 0.1) is 12.8 Å². The zero-order chi connectivity index (χ0) is 12.8. The first-order chi connectivity index (χ1) is 8.79. The van der Waals surface area contributed by atoms with Gasteiger partial charge in [-0.05, 0) is 30.9 Å². The van der Waals surface area contributed by atoms with Gasteiger partial charge in [0.25, 0.3) is 0 Å². The van der Waals surface area contributed by atoms with Gasteiger partial charge in [-0.15, -0.1) is 0 Å². The molecular weight excluding hydrogens is 226 g/mol. The number of hydrogen-bond donors (Lipinski definition) is 1. The van der Waals surface area contributed by atoms with E-state index < -0.39 is 0 Å². The largest absolute Gasteiger partial charge is 0.495 e. The lowest BCUT2D eigenvalue weighted by Gasteiger charge is -2.21. The fraction of sp³-hybridized carbons (Fsp3) is 0.533. The van der Waals surface area contributed by atoms with Crippen LogP contribution in [0.25, 0.3) is 0 Å². The van der Waals surface area contributed by atoms with Crippen LogP contribution in [0.1, 0.15) is 38.5 Å². The Hall–Kier alpha value is -1.51. The van der Waals surface area contributed by atoms with Crippen LogP contribution >= 0.6 is 0 Å². The van der Waals surface area contributed by atoms with E-state index in [4.69, 9.17) is 4.74 Å². The minimum Gasteiger partial charge on any atom is -0.495 e. The predicted molar refractivity (Wildman–Crippen MR) is 72.8 cm³/mol. The minimum atomic E-state index is 0.103. The number of carbonyl (C=O) groups excluding carboxylic acids is 1. The smallest absolute Gasteiger partial charge is 0.224 e. The molecule has 3 nitrogen and oxygen atoms in total. The van der Waals surface area contributed by atoms with Crippen LogP contribution in [0.3, 0.4) is 0 Å². The van der Waals surface area contributed by atoms with Crippen molar-refractivity contribution in [3.8, 4) is 5.75 Å². The van der Waals surface area contributed by atoms with Gasteiger partial charge in [-0.1, -0.05) is 31.4 Å². The lowest BCUT2D eigenvalue weighted by atomic mass is 9.87. The summed E-state index contributed by atoms with van der Waals surface area (Å²) in [7, 11) is 1.62. The van der Waals surface area contributed by atoms with E-state index in [9.17, 15) is 4.79 Å². The Morgan fingerprint density at radius 2 is 2.00 bits per heavy atom. The van der Waals surface area contributed by atoms with E-state index in [1.807, 2.05) is 24.3 Å². The summed E-state index contributed by atoms with van der Waals surface area (Å²) in [6.07, 6.45) is 6.89. The number of para-hydroxylation sites is 2. The first-order valence-electron chi connectivity index (χ1n) is 6.72.